The van der Waals surface area contributed by atoms with Crippen molar-refractivity contribution in [2.75, 3.05) is 12.4 Å². The molecule has 148 valence electrons. The van der Waals surface area contributed by atoms with Gasteiger partial charge in [-0.15, -0.1) is 0 Å². The van der Waals surface area contributed by atoms with Crippen molar-refractivity contribution in [3.05, 3.63) is 77.3 Å². The minimum Gasteiger partial charge on any atom is -0.495 e. The van der Waals surface area contributed by atoms with Crippen molar-refractivity contribution in [1.29, 1.82) is 0 Å². The summed E-state index contributed by atoms with van der Waals surface area (Å²) < 4.78 is 10.3. The fraction of sp³-hybridized carbons (Fsp3) is 0.130. The van der Waals surface area contributed by atoms with Gasteiger partial charge in [0, 0.05) is 11.8 Å². The SMILES string of the molecule is COc1ccc(NC(=O)[C@H](C)OC(=O)/C=C/c2cccc3ccccc23)cc1Cl. The van der Waals surface area contributed by atoms with Crippen molar-refractivity contribution in [2.45, 2.75) is 13.0 Å². The molecular formula is C23H20ClNO4. The summed E-state index contributed by atoms with van der Waals surface area (Å²) in [7, 11) is 1.51. The Morgan fingerprint density at radius 1 is 1.07 bits per heavy atom. The minimum atomic E-state index is -0.972. The maximum Gasteiger partial charge on any atom is 0.331 e. The Kier molecular flexibility index (Phi) is 6.52. The molecular weight excluding hydrogens is 390 g/mol. The molecule has 0 heterocycles. The summed E-state index contributed by atoms with van der Waals surface area (Å²) in [5.41, 5.74) is 1.38. The number of methoxy groups -OCH3 is 1. The van der Waals surface area contributed by atoms with Crippen molar-refractivity contribution < 1.29 is 19.1 Å². The van der Waals surface area contributed by atoms with Crippen LogP contribution in [0.3, 0.4) is 0 Å². The predicted molar refractivity (Wildman–Crippen MR) is 115 cm³/mol. The van der Waals surface area contributed by atoms with Gasteiger partial charge in [-0.3, -0.25) is 4.79 Å². The molecule has 29 heavy (non-hydrogen) atoms. The maximum atomic E-state index is 12.3. The Balaban J connectivity index is 1.61. The number of ether oxygens (including phenoxy) is 2. The van der Waals surface area contributed by atoms with Crippen LogP contribution in [0.1, 0.15) is 12.5 Å². The number of carbonyl (C=O) groups excluding carboxylic acids is 2. The van der Waals surface area contributed by atoms with Gasteiger partial charge in [0.1, 0.15) is 5.75 Å². The molecule has 0 aromatic heterocycles. The highest BCUT2D eigenvalue weighted by Crippen LogP contribution is 2.27. The Morgan fingerprint density at radius 3 is 2.59 bits per heavy atom. The summed E-state index contributed by atoms with van der Waals surface area (Å²) in [6.07, 6.45) is 2.02. The fourth-order valence-corrected chi connectivity index (χ4v) is 3.07. The second-order valence-corrected chi connectivity index (χ2v) is 6.73. The van der Waals surface area contributed by atoms with Gasteiger partial charge >= 0.3 is 5.97 Å². The van der Waals surface area contributed by atoms with Crippen LogP contribution in [0.5, 0.6) is 5.75 Å². The van der Waals surface area contributed by atoms with Gasteiger partial charge in [-0.2, -0.15) is 0 Å². The summed E-state index contributed by atoms with van der Waals surface area (Å²) >= 11 is 6.05. The number of amides is 1. The molecule has 3 aromatic carbocycles. The second kappa shape index (κ2) is 9.26. The number of carbonyl (C=O) groups is 2. The number of benzene rings is 3. The first kappa shape index (κ1) is 20.4. The van der Waals surface area contributed by atoms with E-state index in [0.29, 0.717) is 16.5 Å². The van der Waals surface area contributed by atoms with E-state index in [0.717, 1.165) is 16.3 Å². The summed E-state index contributed by atoms with van der Waals surface area (Å²) in [5.74, 6) is -0.561. The van der Waals surface area contributed by atoms with Crippen LogP contribution < -0.4 is 10.1 Å². The molecule has 0 aliphatic heterocycles. The van der Waals surface area contributed by atoms with Crippen LogP contribution in [0, 0.1) is 0 Å². The van der Waals surface area contributed by atoms with E-state index in [1.165, 1.54) is 20.1 Å². The highest BCUT2D eigenvalue weighted by atomic mass is 35.5. The number of hydrogen-bond donors (Lipinski definition) is 1. The van der Waals surface area contributed by atoms with E-state index in [-0.39, 0.29) is 0 Å². The fourth-order valence-electron chi connectivity index (χ4n) is 2.81. The molecule has 6 heteroatoms. The second-order valence-electron chi connectivity index (χ2n) is 6.32. The third-order valence-electron chi connectivity index (χ3n) is 4.30. The van der Waals surface area contributed by atoms with Gasteiger partial charge in [-0.1, -0.05) is 54.1 Å². The average Bonchev–Trinajstić information content (AvgIpc) is 2.72. The first-order valence-electron chi connectivity index (χ1n) is 8.99. The number of rotatable bonds is 6. The quantitative estimate of drug-likeness (QED) is 0.455. The van der Waals surface area contributed by atoms with Crippen LogP contribution in [-0.2, 0) is 14.3 Å². The van der Waals surface area contributed by atoms with E-state index in [2.05, 4.69) is 5.32 Å². The summed E-state index contributed by atoms with van der Waals surface area (Å²) in [5, 5.41) is 5.13. The lowest BCUT2D eigenvalue weighted by Gasteiger charge is -2.13. The van der Waals surface area contributed by atoms with E-state index in [4.69, 9.17) is 21.1 Å². The molecule has 3 rings (SSSR count). The molecule has 0 spiro atoms. The average molecular weight is 410 g/mol. The lowest BCUT2D eigenvalue weighted by atomic mass is 10.0. The maximum absolute atomic E-state index is 12.3. The lowest BCUT2D eigenvalue weighted by Crippen LogP contribution is -2.29. The van der Waals surface area contributed by atoms with Gasteiger partial charge in [0.05, 0.1) is 12.1 Å². The number of nitrogens with one attached hydrogen (secondary N) is 1. The normalized spacial score (nSPS) is 12.0. The minimum absolute atomic E-state index is 0.368. The third kappa shape index (κ3) is 5.15. The van der Waals surface area contributed by atoms with Gasteiger partial charge in [-0.05, 0) is 47.5 Å². The number of esters is 1. The smallest absolute Gasteiger partial charge is 0.331 e. The van der Waals surface area contributed by atoms with Crippen LogP contribution in [0.15, 0.2) is 66.7 Å². The zero-order valence-electron chi connectivity index (χ0n) is 16.0. The van der Waals surface area contributed by atoms with E-state index < -0.39 is 18.0 Å². The molecule has 0 aliphatic rings. The number of halogens is 1. The van der Waals surface area contributed by atoms with Gasteiger partial charge < -0.3 is 14.8 Å². The van der Waals surface area contributed by atoms with Crippen molar-refractivity contribution >= 4 is 46.0 Å². The van der Waals surface area contributed by atoms with Crippen LogP contribution >= 0.6 is 11.6 Å². The first-order chi connectivity index (χ1) is 14.0. The lowest BCUT2D eigenvalue weighted by molar-refractivity contribution is -0.148. The van der Waals surface area contributed by atoms with E-state index in [9.17, 15) is 9.59 Å². The van der Waals surface area contributed by atoms with Crippen LogP contribution in [0.25, 0.3) is 16.8 Å². The van der Waals surface area contributed by atoms with Gasteiger partial charge in [0.15, 0.2) is 6.10 Å². The molecule has 0 radical (unpaired) electrons. The molecule has 0 bridgehead atoms. The van der Waals surface area contributed by atoms with Crippen LogP contribution in [0.2, 0.25) is 5.02 Å². The monoisotopic (exact) mass is 409 g/mol. The van der Waals surface area contributed by atoms with Gasteiger partial charge in [-0.25, -0.2) is 4.79 Å². The van der Waals surface area contributed by atoms with Crippen molar-refractivity contribution in [2.24, 2.45) is 0 Å². The third-order valence-corrected chi connectivity index (χ3v) is 4.60. The number of fused-ring (bicyclic) bond motifs is 1. The number of anilines is 1. The largest absolute Gasteiger partial charge is 0.495 e. The standard InChI is InChI=1S/C23H20ClNO4/c1-15(23(27)25-18-11-12-21(28-2)20(24)14-18)29-22(26)13-10-17-8-5-7-16-6-3-4-9-19(16)17/h3-15H,1-2H3,(H,25,27)/b13-10+/t15-/m0/s1. The molecule has 0 fully saturated rings. The topological polar surface area (TPSA) is 64.6 Å². The Hall–Kier alpha value is -3.31. The van der Waals surface area contributed by atoms with E-state index in [1.807, 2.05) is 42.5 Å². The van der Waals surface area contributed by atoms with E-state index in [1.54, 1.807) is 24.3 Å². The van der Waals surface area contributed by atoms with Crippen molar-refractivity contribution in [3.8, 4) is 5.75 Å². The zero-order valence-corrected chi connectivity index (χ0v) is 16.8. The Bertz CT molecular complexity index is 1070. The molecule has 0 unspecified atom stereocenters. The highest BCUT2D eigenvalue weighted by molar-refractivity contribution is 6.32. The zero-order chi connectivity index (χ0) is 20.8. The summed E-state index contributed by atoms with van der Waals surface area (Å²) in [4.78, 5) is 24.4. The van der Waals surface area contributed by atoms with Gasteiger partial charge in [0.25, 0.3) is 5.91 Å². The van der Waals surface area contributed by atoms with Crippen molar-refractivity contribution in [1.82, 2.24) is 0 Å². The summed E-state index contributed by atoms with van der Waals surface area (Å²) in [6.45, 7) is 1.50. The Morgan fingerprint density at radius 2 is 1.83 bits per heavy atom. The van der Waals surface area contributed by atoms with Crippen LogP contribution in [-0.4, -0.2) is 25.1 Å². The molecule has 0 saturated heterocycles. The van der Waals surface area contributed by atoms with Crippen molar-refractivity contribution in [3.63, 3.8) is 0 Å². The summed E-state index contributed by atoms with van der Waals surface area (Å²) in [6, 6.07) is 18.6. The molecule has 1 N–H and O–H groups in total. The van der Waals surface area contributed by atoms with Crippen LogP contribution in [0.4, 0.5) is 5.69 Å². The first-order valence-corrected chi connectivity index (χ1v) is 9.36. The van der Waals surface area contributed by atoms with Gasteiger partial charge in [0.2, 0.25) is 0 Å². The molecule has 5 nitrogen and oxygen atoms in total. The van der Waals surface area contributed by atoms with E-state index >= 15 is 0 Å². The molecule has 0 aliphatic carbocycles. The molecule has 1 atom stereocenters. The highest BCUT2D eigenvalue weighted by Gasteiger charge is 2.17. The predicted octanol–water partition coefficient (Wildman–Crippen LogP) is 5.09. The molecule has 3 aromatic rings. The molecule has 0 saturated carbocycles. The Labute approximate surface area is 173 Å². The molecule has 1 amide bonds. The number of hydrogen-bond acceptors (Lipinski definition) is 4.